The van der Waals surface area contributed by atoms with Gasteiger partial charge in [-0.05, 0) is 56.1 Å². The van der Waals surface area contributed by atoms with Gasteiger partial charge in [0, 0.05) is 23.7 Å². The van der Waals surface area contributed by atoms with Crippen molar-refractivity contribution in [3.63, 3.8) is 0 Å². The molecule has 7 heteroatoms. The van der Waals surface area contributed by atoms with Crippen LogP contribution < -0.4 is 0 Å². The fourth-order valence-corrected chi connectivity index (χ4v) is 5.22. The molecule has 0 aliphatic carbocycles. The van der Waals surface area contributed by atoms with E-state index >= 15 is 0 Å². The number of carbonyl (C=O) groups is 1. The number of amides is 1. The third-order valence-electron chi connectivity index (χ3n) is 7.38. The number of nitrogens with zero attached hydrogens (tertiary/aromatic N) is 5. The van der Waals surface area contributed by atoms with Crippen molar-refractivity contribution in [1.82, 2.24) is 19.7 Å². The number of carbonyl (C=O) groups excluding carboxylic acids is 1. The lowest BCUT2D eigenvalue weighted by molar-refractivity contribution is -0.134. The summed E-state index contributed by atoms with van der Waals surface area (Å²) in [5, 5.41) is 11.5. The Morgan fingerprint density at radius 2 is 1.70 bits per heavy atom. The van der Waals surface area contributed by atoms with Crippen LogP contribution in [-0.2, 0) is 4.79 Å². The number of rotatable bonds is 6. The van der Waals surface area contributed by atoms with E-state index in [4.69, 9.17) is 14.6 Å². The average Bonchev–Trinajstić information content (AvgIpc) is 3.70. The van der Waals surface area contributed by atoms with Crippen LogP contribution in [0.15, 0.2) is 94.8 Å². The highest BCUT2D eigenvalue weighted by molar-refractivity contribution is 6.01. The van der Waals surface area contributed by atoms with Crippen molar-refractivity contribution in [3.05, 3.63) is 96.6 Å². The van der Waals surface area contributed by atoms with E-state index in [1.165, 1.54) is 0 Å². The van der Waals surface area contributed by atoms with Crippen molar-refractivity contribution in [2.45, 2.75) is 32.2 Å². The van der Waals surface area contributed by atoms with Crippen LogP contribution >= 0.6 is 0 Å². The summed E-state index contributed by atoms with van der Waals surface area (Å²) in [4.78, 5) is 16.0. The van der Waals surface area contributed by atoms with Crippen LogP contribution in [0.4, 0.5) is 0 Å². The predicted octanol–water partition coefficient (Wildman–Crippen LogP) is 5.54. The minimum absolute atomic E-state index is 0.00702. The number of para-hydroxylation sites is 1. The van der Waals surface area contributed by atoms with Gasteiger partial charge in [-0.3, -0.25) is 9.69 Å². The third kappa shape index (κ3) is 4.87. The molecule has 37 heavy (non-hydrogen) atoms. The van der Waals surface area contributed by atoms with Crippen molar-refractivity contribution in [2.75, 3.05) is 19.6 Å². The van der Waals surface area contributed by atoms with Gasteiger partial charge in [0.15, 0.2) is 0 Å². The van der Waals surface area contributed by atoms with Crippen LogP contribution in [0.25, 0.3) is 16.9 Å². The van der Waals surface area contributed by atoms with E-state index in [0.717, 1.165) is 54.2 Å². The lowest BCUT2D eigenvalue weighted by Crippen LogP contribution is -2.41. The van der Waals surface area contributed by atoms with Gasteiger partial charge in [-0.2, -0.15) is 10.2 Å². The SMILES string of the molecule is CC1CCN(CC(=O)N2N=C(c3ccco3)C[C@H]2c2cn(-c3ccccc3)nc2-c2ccccc2)CC1. The Bertz CT molecular complexity index is 1370. The normalized spacial score (nSPS) is 18.8. The molecule has 1 amide bonds. The molecule has 2 aliphatic rings. The van der Waals surface area contributed by atoms with Gasteiger partial charge in [-0.15, -0.1) is 0 Å². The van der Waals surface area contributed by atoms with E-state index in [9.17, 15) is 4.79 Å². The molecule has 0 spiro atoms. The third-order valence-corrected chi connectivity index (χ3v) is 7.38. The quantitative estimate of drug-likeness (QED) is 0.354. The number of hydrogen-bond acceptors (Lipinski definition) is 5. The highest BCUT2D eigenvalue weighted by Gasteiger charge is 2.37. The molecule has 0 bridgehead atoms. The molecule has 1 saturated heterocycles. The van der Waals surface area contributed by atoms with E-state index in [1.807, 2.05) is 71.5 Å². The molecule has 1 fully saturated rings. The van der Waals surface area contributed by atoms with Crippen molar-refractivity contribution in [3.8, 4) is 16.9 Å². The van der Waals surface area contributed by atoms with Crippen LogP contribution in [0.2, 0.25) is 0 Å². The number of piperidine rings is 1. The zero-order chi connectivity index (χ0) is 25.2. The van der Waals surface area contributed by atoms with E-state index in [-0.39, 0.29) is 11.9 Å². The minimum Gasteiger partial charge on any atom is -0.463 e. The topological polar surface area (TPSA) is 66.9 Å². The van der Waals surface area contributed by atoms with Gasteiger partial charge in [0.05, 0.1) is 30.2 Å². The summed E-state index contributed by atoms with van der Waals surface area (Å²) >= 11 is 0. The van der Waals surface area contributed by atoms with Crippen LogP contribution in [0, 0.1) is 5.92 Å². The molecule has 1 atom stereocenters. The Balaban J connectivity index is 1.38. The molecule has 188 valence electrons. The zero-order valence-corrected chi connectivity index (χ0v) is 21.0. The molecule has 2 aromatic heterocycles. The average molecular weight is 494 g/mol. The molecular weight excluding hydrogens is 462 g/mol. The molecule has 0 saturated carbocycles. The van der Waals surface area contributed by atoms with Gasteiger partial charge in [0.1, 0.15) is 11.5 Å². The second-order valence-electron chi connectivity index (χ2n) is 10.0. The molecule has 6 rings (SSSR count). The van der Waals surface area contributed by atoms with E-state index in [2.05, 4.69) is 24.0 Å². The van der Waals surface area contributed by atoms with E-state index in [0.29, 0.717) is 24.6 Å². The summed E-state index contributed by atoms with van der Waals surface area (Å²) in [5.74, 6) is 1.42. The highest BCUT2D eigenvalue weighted by Crippen LogP contribution is 2.38. The monoisotopic (exact) mass is 493 g/mol. The van der Waals surface area contributed by atoms with Crippen LogP contribution in [0.5, 0.6) is 0 Å². The molecular formula is C30H31N5O2. The lowest BCUT2D eigenvalue weighted by Gasteiger charge is -2.31. The summed E-state index contributed by atoms with van der Waals surface area (Å²) in [6.45, 7) is 4.54. The van der Waals surface area contributed by atoms with Gasteiger partial charge in [0.2, 0.25) is 0 Å². The van der Waals surface area contributed by atoms with Crippen molar-refractivity contribution >= 4 is 11.6 Å². The Hall–Kier alpha value is -3.97. The standard InChI is InChI=1S/C30H31N5O2/c1-22-14-16-33(17-15-22)21-29(36)35-27(19-26(31-35)28-13-8-18-37-28)25-20-34(24-11-6-3-7-12-24)32-30(25)23-9-4-2-5-10-23/h2-13,18,20,22,27H,14-17,19,21H2,1H3/t27-/m0/s1. The molecule has 2 aliphatic heterocycles. The zero-order valence-electron chi connectivity index (χ0n) is 21.0. The molecule has 0 radical (unpaired) electrons. The number of aromatic nitrogens is 2. The predicted molar refractivity (Wildman–Crippen MR) is 143 cm³/mol. The maximum atomic E-state index is 13.7. The number of furan rings is 1. The molecule has 7 nitrogen and oxygen atoms in total. The van der Waals surface area contributed by atoms with E-state index in [1.54, 1.807) is 11.3 Å². The maximum Gasteiger partial charge on any atom is 0.257 e. The first-order chi connectivity index (χ1) is 18.2. The summed E-state index contributed by atoms with van der Waals surface area (Å²) < 4.78 is 7.58. The Kier molecular flexibility index (Phi) is 6.45. The van der Waals surface area contributed by atoms with Gasteiger partial charge >= 0.3 is 0 Å². The molecule has 2 aromatic carbocycles. The smallest absolute Gasteiger partial charge is 0.257 e. The first-order valence-corrected chi connectivity index (χ1v) is 13.0. The Morgan fingerprint density at radius 3 is 2.41 bits per heavy atom. The molecule has 4 heterocycles. The van der Waals surface area contributed by atoms with Gasteiger partial charge in [0.25, 0.3) is 5.91 Å². The number of likely N-dealkylation sites (tertiary alicyclic amines) is 1. The van der Waals surface area contributed by atoms with Crippen LogP contribution in [0.1, 0.15) is 43.6 Å². The second kappa shape index (κ2) is 10.2. The molecule has 0 unspecified atom stereocenters. The summed E-state index contributed by atoms with van der Waals surface area (Å²) in [5.41, 5.74) is 4.59. The van der Waals surface area contributed by atoms with Gasteiger partial charge in [-0.25, -0.2) is 9.69 Å². The fourth-order valence-electron chi connectivity index (χ4n) is 5.22. The first-order valence-electron chi connectivity index (χ1n) is 13.0. The highest BCUT2D eigenvalue weighted by atomic mass is 16.3. The summed E-state index contributed by atoms with van der Waals surface area (Å²) in [7, 11) is 0. The lowest BCUT2D eigenvalue weighted by atomic mass is 9.97. The van der Waals surface area contributed by atoms with E-state index < -0.39 is 0 Å². The van der Waals surface area contributed by atoms with Crippen LogP contribution in [0.3, 0.4) is 0 Å². The minimum atomic E-state index is -0.274. The largest absolute Gasteiger partial charge is 0.463 e. The van der Waals surface area contributed by atoms with Crippen LogP contribution in [-0.4, -0.2) is 50.9 Å². The number of hydrogen-bond donors (Lipinski definition) is 0. The van der Waals surface area contributed by atoms with Gasteiger partial charge < -0.3 is 4.42 Å². The Labute approximate surface area is 217 Å². The van der Waals surface area contributed by atoms with Crippen molar-refractivity contribution in [1.29, 1.82) is 0 Å². The van der Waals surface area contributed by atoms with Crippen molar-refractivity contribution in [2.24, 2.45) is 11.0 Å². The Morgan fingerprint density at radius 1 is 0.973 bits per heavy atom. The number of benzene rings is 2. The molecule has 0 N–H and O–H groups in total. The first kappa shape index (κ1) is 23.4. The summed E-state index contributed by atoms with van der Waals surface area (Å²) in [6.07, 6.45) is 6.51. The van der Waals surface area contributed by atoms with Gasteiger partial charge in [-0.1, -0.05) is 55.5 Å². The molecule has 4 aromatic rings. The maximum absolute atomic E-state index is 13.7. The second-order valence-corrected chi connectivity index (χ2v) is 10.0. The fraction of sp³-hybridized carbons (Fsp3) is 0.300. The number of hydrazone groups is 1. The summed E-state index contributed by atoms with van der Waals surface area (Å²) in [6, 6.07) is 23.7. The van der Waals surface area contributed by atoms with Crippen molar-refractivity contribution < 1.29 is 9.21 Å².